The van der Waals surface area contributed by atoms with Gasteiger partial charge in [-0.25, -0.2) is 0 Å². The molecule has 0 spiro atoms. The summed E-state index contributed by atoms with van der Waals surface area (Å²) in [5.74, 6) is 0.0679. The van der Waals surface area contributed by atoms with Crippen LogP contribution in [0.1, 0.15) is 37.0 Å². The molecule has 2 aromatic rings. The van der Waals surface area contributed by atoms with Gasteiger partial charge in [0.15, 0.2) is 6.61 Å². The summed E-state index contributed by atoms with van der Waals surface area (Å²) in [7, 11) is 0. The van der Waals surface area contributed by atoms with E-state index < -0.39 is 6.04 Å². The van der Waals surface area contributed by atoms with E-state index in [-0.39, 0.29) is 25.0 Å². The van der Waals surface area contributed by atoms with Gasteiger partial charge in [0.05, 0.1) is 0 Å². The molecular weight excluding hydrogens is 423 g/mol. The number of benzene rings is 2. The Morgan fingerprint density at radius 1 is 1.13 bits per heavy atom. The number of ether oxygens (including phenoxy) is 1. The lowest BCUT2D eigenvalue weighted by atomic mass is 10.1. The van der Waals surface area contributed by atoms with Crippen LogP contribution in [0.2, 0.25) is 10.0 Å². The van der Waals surface area contributed by atoms with Gasteiger partial charge in [0.2, 0.25) is 5.91 Å². The molecule has 2 rings (SSSR count). The van der Waals surface area contributed by atoms with Gasteiger partial charge in [0.1, 0.15) is 11.8 Å². The van der Waals surface area contributed by atoms with Gasteiger partial charge in [0.25, 0.3) is 5.91 Å². The van der Waals surface area contributed by atoms with Crippen LogP contribution in [0, 0.1) is 13.8 Å². The zero-order chi connectivity index (χ0) is 22.3. The average Bonchev–Trinajstić information content (AvgIpc) is 2.71. The van der Waals surface area contributed by atoms with Crippen LogP contribution in [0.4, 0.5) is 0 Å². The van der Waals surface area contributed by atoms with E-state index in [1.807, 2.05) is 32.9 Å². The van der Waals surface area contributed by atoms with Crippen LogP contribution in [0.15, 0.2) is 36.4 Å². The number of carbonyl (C=O) groups is 2. The number of aryl methyl sites for hydroxylation is 2. The lowest BCUT2D eigenvalue weighted by Crippen LogP contribution is -2.49. The third-order valence-corrected chi connectivity index (χ3v) is 5.56. The number of carbonyl (C=O) groups excluding carboxylic acids is 2. The van der Waals surface area contributed by atoms with Crippen molar-refractivity contribution < 1.29 is 14.3 Å². The summed E-state index contributed by atoms with van der Waals surface area (Å²) in [4.78, 5) is 27.0. The van der Waals surface area contributed by atoms with E-state index in [9.17, 15) is 9.59 Å². The Morgan fingerprint density at radius 3 is 2.40 bits per heavy atom. The molecule has 0 aliphatic heterocycles. The van der Waals surface area contributed by atoms with Crippen molar-refractivity contribution in [2.45, 2.75) is 46.7 Å². The predicted molar refractivity (Wildman–Crippen MR) is 121 cm³/mol. The molecule has 2 amide bonds. The second kappa shape index (κ2) is 11.2. The van der Waals surface area contributed by atoms with Gasteiger partial charge < -0.3 is 15.0 Å². The van der Waals surface area contributed by atoms with E-state index in [1.54, 1.807) is 31.2 Å². The summed E-state index contributed by atoms with van der Waals surface area (Å²) in [6.07, 6.45) is 0.819. The second-order valence-electron chi connectivity index (χ2n) is 7.28. The highest BCUT2D eigenvalue weighted by molar-refractivity contribution is 6.32. The van der Waals surface area contributed by atoms with Crippen LogP contribution >= 0.6 is 23.2 Å². The molecule has 0 aromatic heterocycles. The highest BCUT2D eigenvalue weighted by Crippen LogP contribution is 2.26. The van der Waals surface area contributed by atoms with Crippen LogP contribution in [-0.2, 0) is 16.1 Å². The van der Waals surface area contributed by atoms with Crippen molar-refractivity contribution in [3.63, 3.8) is 0 Å². The molecular formula is C23H28Cl2N2O3. The number of nitrogens with zero attached hydrogens (tertiary/aromatic N) is 1. The summed E-state index contributed by atoms with van der Waals surface area (Å²) in [6, 6.07) is 10.2. The molecule has 2 aromatic carbocycles. The summed E-state index contributed by atoms with van der Waals surface area (Å²) in [5, 5.41) is 4.10. The molecule has 0 aliphatic rings. The predicted octanol–water partition coefficient (Wildman–Crippen LogP) is 4.93. The van der Waals surface area contributed by atoms with Crippen LogP contribution < -0.4 is 10.1 Å². The zero-order valence-corrected chi connectivity index (χ0v) is 19.3. The van der Waals surface area contributed by atoms with E-state index in [2.05, 4.69) is 5.32 Å². The lowest BCUT2D eigenvalue weighted by Gasteiger charge is -2.29. The number of rotatable bonds is 9. The molecule has 0 saturated carbocycles. The van der Waals surface area contributed by atoms with Crippen LogP contribution in [-0.4, -0.2) is 35.9 Å². The normalized spacial score (nSPS) is 11.7. The van der Waals surface area contributed by atoms with E-state index in [1.165, 1.54) is 4.90 Å². The molecule has 0 bridgehead atoms. The fourth-order valence-corrected chi connectivity index (χ4v) is 3.35. The Balaban J connectivity index is 2.17. The molecule has 0 radical (unpaired) electrons. The molecule has 0 saturated heterocycles. The highest BCUT2D eigenvalue weighted by Gasteiger charge is 2.26. The molecule has 0 heterocycles. The topological polar surface area (TPSA) is 58.6 Å². The maximum absolute atomic E-state index is 13.0. The van der Waals surface area contributed by atoms with Crippen molar-refractivity contribution in [2.75, 3.05) is 13.2 Å². The quantitative estimate of drug-likeness (QED) is 0.588. The molecule has 0 aliphatic carbocycles. The van der Waals surface area contributed by atoms with Gasteiger partial charge >= 0.3 is 0 Å². The first-order valence-corrected chi connectivity index (χ1v) is 10.7. The Morgan fingerprint density at radius 2 is 1.80 bits per heavy atom. The molecule has 0 fully saturated rings. The minimum absolute atomic E-state index is 0.188. The fourth-order valence-electron chi connectivity index (χ4n) is 3.03. The Labute approximate surface area is 188 Å². The maximum atomic E-state index is 13.0. The summed E-state index contributed by atoms with van der Waals surface area (Å²) >= 11 is 12.3. The van der Waals surface area contributed by atoms with Gasteiger partial charge in [-0.05, 0) is 68.1 Å². The number of hydrogen-bond acceptors (Lipinski definition) is 3. The summed E-state index contributed by atoms with van der Waals surface area (Å²) in [6.45, 7) is 8.08. The first-order chi connectivity index (χ1) is 14.2. The van der Waals surface area contributed by atoms with Crippen LogP contribution in [0.3, 0.4) is 0 Å². The van der Waals surface area contributed by atoms with Crippen molar-refractivity contribution in [2.24, 2.45) is 0 Å². The van der Waals surface area contributed by atoms with Gasteiger partial charge in [0, 0.05) is 23.1 Å². The van der Waals surface area contributed by atoms with E-state index in [4.69, 9.17) is 27.9 Å². The highest BCUT2D eigenvalue weighted by atomic mass is 35.5. The van der Waals surface area contributed by atoms with Gasteiger partial charge in [-0.2, -0.15) is 0 Å². The Bertz CT molecular complexity index is 879. The summed E-state index contributed by atoms with van der Waals surface area (Å²) < 4.78 is 5.73. The van der Waals surface area contributed by atoms with E-state index in [0.29, 0.717) is 22.3 Å². The summed E-state index contributed by atoms with van der Waals surface area (Å²) in [5.41, 5.74) is 2.59. The minimum atomic E-state index is -0.652. The largest absolute Gasteiger partial charge is 0.484 e. The fraction of sp³-hybridized carbons (Fsp3) is 0.391. The van der Waals surface area contributed by atoms with Crippen molar-refractivity contribution in [1.82, 2.24) is 10.2 Å². The SMILES string of the molecule is CCCNC(=O)[C@@H](C)N(Cc1cccc(Cl)c1)C(=O)COc1cc(C)c(Cl)c(C)c1. The number of amides is 2. The minimum Gasteiger partial charge on any atom is -0.484 e. The first-order valence-electron chi connectivity index (χ1n) is 9.94. The third-order valence-electron chi connectivity index (χ3n) is 4.73. The molecule has 162 valence electrons. The van der Waals surface area contributed by atoms with Gasteiger partial charge in [-0.1, -0.05) is 42.3 Å². The van der Waals surface area contributed by atoms with Crippen molar-refractivity contribution in [3.05, 3.63) is 63.1 Å². The van der Waals surface area contributed by atoms with Gasteiger partial charge in [-0.3, -0.25) is 9.59 Å². The number of nitrogens with one attached hydrogen (secondary N) is 1. The maximum Gasteiger partial charge on any atom is 0.261 e. The number of hydrogen-bond donors (Lipinski definition) is 1. The molecule has 30 heavy (non-hydrogen) atoms. The van der Waals surface area contributed by atoms with Crippen molar-refractivity contribution >= 4 is 35.0 Å². The second-order valence-corrected chi connectivity index (χ2v) is 8.09. The van der Waals surface area contributed by atoms with Crippen LogP contribution in [0.5, 0.6) is 5.75 Å². The first kappa shape index (κ1) is 24.0. The standard InChI is InChI=1S/C23H28Cl2N2O3/c1-5-9-26-23(29)17(4)27(13-18-7-6-8-19(24)12-18)21(28)14-30-20-10-15(2)22(25)16(3)11-20/h6-8,10-12,17H,5,9,13-14H2,1-4H3,(H,26,29)/t17-/m1/s1. The third kappa shape index (κ3) is 6.64. The Kier molecular flexibility index (Phi) is 9.00. The molecule has 5 nitrogen and oxygen atoms in total. The monoisotopic (exact) mass is 450 g/mol. The van der Waals surface area contributed by atoms with E-state index >= 15 is 0 Å². The Hall–Kier alpha value is -2.24. The van der Waals surface area contributed by atoms with Crippen molar-refractivity contribution in [3.8, 4) is 5.75 Å². The number of halogens is 2. The molecule has 7 heteroatoms. The molecule has 0 unspecified atom stereocenters. The lowest BCUT2D eigenvalue weighted by molar-refractivity contribution is -0.142. The zero-order valence-electron chi connectivity index (χ0n) is 17.8. The van der Waals surface area contributed by atoms with Gasteiger partial charge in [-0.15, -0.1) is 0 Å². The average molecular weight is 451 g/mol. The molecule has 1 N–H and O–H groups in total. The van der Waals surface area contributed by atoms with E-state index in [0.717, 1.165) is 23.1 Å². The molecule has 1 atom stereocenters. The van der Waals surface area contributed by atoms with Crippen molar-refractivity contribution in [1.29, 1.82) is 0 Å². The smallest absolute Gasteiger partial charge is 0.261 e. The van der Waals surface area contributed by atoms with Crippen LogP contribution in [0.25, 0.3) is 0 Å².